The Morgan fingerprint density at radius 2 is 2.25 bits per heavy atom. The maximum absolute atomic E-state index is 4.17. The Morgan fingerprint density at radius 3 is 2.88 bits per heavy atom. The average molecular weight is 216 g/mol. The molecule has 4 nitrogen and oxygen atoms in total. The SMILES string of the molecule is Cc1cc(NC(C)c2cnn(C)c2)ccn1. The molecular formula is C12H16N4. The number of rotatable bonds is 3. The van der Waals surface area contributed by atoms with Crippen LogP contribution in [-0.2, 0) is 7.05 Å². The van der Waals surface area contributed by atoms with Crippen LogP contribution in [0.2, 0.25) is 0 Å². The fraction of sp³-hybridized carbons (Fsp3) is 0.333. The Kier molecular flexibility index (Phi) is 2.90. The van der Waals surface area contributed by atoms with Crippen molar-refractivity contribution in [3.05, 3.63) is 42.0 Å². The molecule has 4 heteroatoms. The third-order valence-electron chi connectivity index (χ3n) is 2.50. The minimum Gasteiger partial charge on any atom is -0.378 e. The summed E-state index contributed by atoms with van der Waals surface area (Å²) < 4.78 is 1.81. The van der Waals surface area contributed by atoms with Gasteiger partial charge in [0.2, 0.25) is 0 Å². The van der Waals surface area contributed by atoms with Crippen molar-refractivity contribution in [2.75, 3.05) is 5.32 Å². The predicted octanol–water partition coefficient (Wildman–Crippen LogP) is 2.30. The number of aromatic nitrogens is 3. The number of aryl methyl sites for hydroxylation is 2. The summed E-state index contributed by atoms with van der Waals surface area (Å²) in [5.74, 6) is 0. The van der Waals surface area contributed by atoms with Crippen LogP contribution in [0.25, 0.3) is 0 Å². The third kappa shape index (κ3) is 2.39. The van der Waals surface area contributed by atoms with E-state index in [1.807, 2.05) is 49.4 Å². The van der Waals surface area contributed by atoms with E-state index < -0.39 is 0 Å². The van der Waals surface area contributed by atoms with Crippen LogP contribution in [0.1, 0.15) is 24.2 Å². The number of anilines is 1. The highest BCUT2D eigenvalue weighted by molar-refractivity contribution is 5.44. The highest BCUT2D eigenvalue weighted by atomic mass is 15.2. The standard InChI is InChI=1S/C12H16N4/c1-9-6-12(4-5-13-9)15-10(2)11-7-14-16(3)8-11/h4-8,10H,1-3H3,(H,13,15). The summed E-state index contributed by atoms with van der Waals surface area (Å²) in [6.45, 7) is 4.10. The molecule has 16 heavy (non-hydrogen) atoms. The molecule has 0 aromatic carbocycles. The van der Waals surface area contributed by atoms with Crippen LogP contribution in [0.5, 0.6) is 0 Å². The maximum atomic E-state index is 4.17. The van der Waals surface area contributed by atoms with Crippen LogP contribution < -0.4 is 5.32 Å². The van der Waals surface area contributed by atoms with Gasteiger partial charge in [-0.2, -0.15) is 5.10 Å². The molecule has 1 atom stereocenters. The second-order valence-electron chi connectivity index (χ2n) is 4.00. The Bertz CT molecular complexity index is 475. The monoisotopic (exact) mass is 216 g/mol. The zero-order valence-corrected chi connectivity index (χ0v) is 9.81. The molecule has 0 spiro atoms. The normalized spacial score (nSPS) is 12.4. The minimum atomic E-state index is 0.246. The number of hydrogen-bond acceptors (Lipinski definition) is 3. The van der Waals surface area contributed by atoms with Gasteiger partial charge >= 0.3 is 0 Å². The van der Waals surface area contributed by atoms with Gasteiger partial charge in [-0.05, 0) is 26.0 Å². The first-order valence-electron chi connectivity index (χ1n) is 5.33. The van der Waals surface area contributed by atoms with E-state index in [1.165, 1.54) is 5.56 Å². The molecule has 0 fully saturated rings. The van der Waals surface area contributed by atoms with Gasteiger partial charge in [-0.25, -0.2) is 0 Å². The van der Waals surface area contributed by atoms with Gasteiger partial charge in [0.05, 0.1) is 12.2 Å². The molecule has 1 N–H and O–H groups in total. The molecule has 2 aromatic rings. The van der Waals surface area contributed by atoms with Gasteiger partial charge in [-0.15, -0.1) is 0 Å². The lowest BCUT2D eigenvalue weighted by Crippen LogP contribution is -2.06. The molecule has 0 aliphatic heterocycles. The van der Waals surface area contributed by atoms with Crippen molar-refractivity contribution in [3.63, 3.8) is 0 Å². The summed E-state index contributed by atoms with van der Waals surface area (Å²) in [7, 11) is 1.92. The lowest BCUT2D eigenvalue weighted by molar-refractivity contribution is 0.765. The first-order valence-corrected chi connectivity index (χ1v) is 5.33. The molecule has 2 aromatic heterocycles. The van der Waals surface area contributed by atoms with Crippen molar-refractivity contribution >= 4 is 5.69 Å². The van der Waals surface area contributed by atoms with Gasteiger partial charge in [0.15, 0.2) is 0 Å². The summed E-state index contributed by atoms with van der Waals surface area (Å²) >= 11 is 0. The average Bonchev–Trinajstić information content (AvgIpc) is 2.65. The van der Waals surface area contributed by atoms with Crippen LogP contribution in [0.4, 0.5) is 5.69 Å². The summed E-state index contributed by atoms with van der Waals surface area (Å²) in [5, 5.41) is 7.58. The molecule has 1 unspecified atom stereocenters. The summed E-state index contributed by atoms with van der Waals surface area (Å²) in [4.78, 5) is 4.17. The van der Waals surface area contributed by atoms with E-state index in [-0.39, 0.29) is 6.04 Å². The number of pyridine rings is 1. The molecule has 0 aliphatic rings. The fourth-order valence-electron chi connectivity index (χ4n) is 1.63. The van der Waals surface area contributed by atoms with Crippen molar-refractivity contribution in [3.8, 4) is 0 Å². The van der Waals surface area contributed by atoms with E-state index in [0.29, 0.717) is 0 Å². The van der Waals surface area contributed by atoms with Gasteiger partial charge < -0.3 is 5.32 Å². The lowest BCUT2D eigenvalue weighted by Gasteiger charge is -2.13. The summed E-state index contributed by atoms with van der Waals surface area (Å²) in [6.07, 6.45) is 5.71. The van der Waals surface area contributed by atoms with Crippen molar-refractivity contribution < 1.29 is 0 Å². The molecule has 0 amide bonds. The first-order chi connectivity index (χ1) is 7.65. The van der Waals surface area contributed by atoms with Gasteiger partial charge in [0, 0.05) is 36.4 Å². The van der Waals surface area contributed by atoms with E-state index in [9.17, 15) is 0 Å². The van der Waals surface area contributed by atoms with Crippen LogP contribution in [0.15, 0.2) is 30.7 Å². The Balaban J connectivity index is 2.10. The highest BCUT2D eigenvalue weighted by Gasteiger charge is 2.07. The highest BCUT2D eigenvalue weighted by Crippen LogP contribution is 2.18. The molecule has 0 radical (unpaired) electrons. The quantitative estimate of drug-likeness (QED) is 0.856. The van der Waals surface area contributed by atoms with E-state index in [2.05, 4.69) is 22.3 Å². The molecule has 0 aliphatic carbocycles. The zero-order chi connectivity index (χ0) is 11.5. The van der Waals surface area contributed by atoms with Gasteiger partial charge in [-0.3, -0.25) is 9.67 Å². The third-order valence-corrected chi connectivity index (χ3v) is 2.50. The largest absolute Gasteiger partial charge is 0.378 e. The van der Waals surface area contributed by atoms with Crippen LogP contribution in [0, 0.1) is 6.92 Å². The second kappa shape index (κ2) is 4.35. The molecule has 84 valence electrons. The molecule has 0 bridgehead atoms. The van der Waals surface area contributed by atoms with Crippen molar-refractivity contribution in [2.45, 2.75) is 19.9 Å². The van der Waals surface area contributed by atoms with E-state index in [1.54, 1.807) is 0 Å². The second-order valence-corrected chi connectivity index (χ2v) is 4.00. The Morgan fingerprint density at radius 1 is 1.44 bits per heavy atom. The van der Waals surface area contributed by atoms with E-state index in [0.717, 1.165) is 11.4 Å². The summed E-state index contributed by atoms with van der Waals surface area (Å²) in [6, 6.07) is 4.25. The number of hydrogen-bond donors (Lipinski definition) is 1. The lowest BCUT2D eigenvalue weighted by atomic mass is 10.2. The van der Waals surface area contributed by atoms with E-state index in [4.69, 9.17) is 0 Å². The van der Waals surface area contributed by atoms with Gasteiger partial charge in [0.1, 0.15) is 0 Å². The molecule has 2 heterocycles. The molecule has 0 saturated heterocycles. The van der Waals surface area contributed by atoms with Crippen LogP contribution >= 0.6 is 0 Å². The minimum absolute atomic E-state index is 0.246. The molecule has 2 rings (SSSR count). The maximum Gasteiger partial charge on any atom is 0.0542 e. The van der Waals surface area contributed by atoms with Crippen molar-refractivity contribution in [2.24, 2.45) is 7.05 Å². The first kappa shape index (κ1) is 10.7. The smallest absolute Gasteiger partial charge is 0.0542 e. The summed E-state index contributed by atoms with van der Waals surface area (Å²) in [5.41, 5.74) is 3.28. The topological polar surface area (TPSA) is 42.7 Å². The van der Waals surface area contributed by atoms with Crippen LogP contribution in [0.3, 0.4) is 0 Å². The Labute approximate surface area is 95.3 Å². The molecule has 0 saturated carbocycles. The fourth-order valence-corrected chi connectivity index (χ4v) is 1.63. The predicted molar refractivity (Wildman–Crippen MR) is 64.2 cm³/mol. The Hall–Kier alpha value is -1.84. The van der Waals surface area contributed by atoms with Crippen molar-refractivity contribution in [1.82, 2.24) is 14.8 Å². The molecular weight excluding hydrogens is 200 g/mol. The van der Waals surface area contributed by atoms with Gasteiger partial charge in [0.25, 0.3) is 0 Å². The van der Waals surface area contributed by atoms with Crippen LogP contribution in [-0.4, -0.2) is 14.8 Å². The van der Waals surface area contributed by atoms with Gasteiger partial charge in [-0.1, -0.05) is 0 Å². The zero-order valence-electron chi connectivity index (χ0n) is 9.81. The number of nitrogens with one attached hydrogen (secondary N) is 1. The van der Waals surface area contributed by atoms with E-state index >= 15 is 0 Å². The number of nitrogens with zero attached hydrogens (tertiary/aromatic N) is 3. The van der Waals surface area contributed by atoms with Crippen molar-refractivity contribution in [1.29, 1.82) is 0 Å².